The zero-order valence-corrected chi connectivity index (χ0v) is 11.1. The Morgan fingerprint density at radius 3 is 2.74 bits per heavy atom. The molecule has 3 aliphatic carbocycles. The summed E-state index contributed by atoms with van der Waals surface area (Å²) < 4.78 is 6.13. The van der Waals surface area contributed by atoms with Gasteiger partial charge >= 0.3 is 0 Å². The molecule has 3 saturated carbocycles. The number of ether oxygens (including phenoxy) is 1. The predicted octanol–water partition coefficient (Wildman–Crippen LogP) is 1.13. The van der Waals surface area contributed by atoms with Crippen molar-refractivity contribution in [2.45, 2.75) is 63.0 Å². The second-order valence-corrected chi connectivity index (χ2v) is 7.19. The van der Waals surface area contributed by atoms with Gasteiger partial charge in [-0.05, 0) is 31.1 Å². The Kier molecular flexibility index (Phi) is 2.06. The van der Waals surface area contributed by atoms with Crippen molar-refractivity contribution in [1.29, 1.82) is 0 Å². The van der Waals surface area contributed by atoms with Gasteiger partial charge in [0.2, 0.25) is 5.91 Å². The van der Waals surface area contributed by atoms with Crippen LogP contribution in [0.2, 0.25) is 0 Å². The summed E-state index contributed by atoms with van der Waals surface area (Å²) in [4.78, 5) is 14.9. The number of carbonyl (C=O) groups is 1. The highest BCUT2D eigenvalue weighted by atomic mass is 16.5. The van der Waals surface area contributed by atoms with E-state index in [9.17, 15) is 9.90 Å². The molecule has 5 rings (SSSR count). The van der Waals surface area contributed by atoms with Crippen LogP contribution in [0.25, 0.3) is 0 Å². The molecule has 2 aliphatic heterocycles. The zero-order chi connectivity index (χ0) is 12.7. The van der Waals surface area contributed by atoms with E-state index in [2.05, 4.69) is 4.90 Å². The Bertz CT molecular complexity index is 433. The normalized spacial score (nSPS) is 55.5. The first-order valence-corrected chi connectivity index (χ1v) is 7.93. The van der Waals surface area contributed by atoms with Gasteiger partial charge in [-0.25, -0.2) is 0 Å². The molecule has 2 bridgehead atoms. The highest BCUT2D eigenvalue weighted by Gasteiger charge is 2.72. The Morgan fingerprint density at radius 2 is 1.95 bits per heavy atom. The van der Waals surface area contributed by atoms with Gasteiger partial charge in [0, 0.05) is 12.0 Å². The Balaban J connectivity index is 1.50. The first-order valence-electron chi connectivity index (χ1n) is 7.93. The molecule has 4 heteroatoms. The number of rotatable bonds is 1. The molecule has 2 saturated heterocycles. The molecular formula is C15H21NO3. The molecule has 0 radical (unpaired) electrons. The summed E-state index contributed by atoms with van der Waals surface area (Å²) >= 11 is 0. The van der Waals surface area contributed by atoms with Crippen molar-refractivity contribution < 1.29 is 14.6 Å². The third kappa shape index (κ3) is 1.17. The number of aliphatic hydroxyl groups excluding tert-OH is 1. The minimum Gasteiger partial charge on any atom is -0.390 e. The van der Waals surface area contributed by atoms with Crippen LogP contribution in [0.4, 0.5) is 0 Å². The molecule has 1 N–H and O–H groups in total. The topological polar surface area (TPSA) is 49.8 Å². The minimum absolute atomic E-state index is 0.00208. The molecule has 0 aromatic rings. The van der Waals surface area contributed by atoms with Gasteiger partial charge in [-0.15, -0.1) is 0 Å². The van der Waals surface area contributed by atoms with E-state index >= 15 is 0 Å². The van der Waals surface area contributed by atoms with Crippen molar-refractivity contribution in [2.75, 3.05) is 0 Å². The molecule has 5 fully saturated rings. The van der Waals surface area contributed by atoms with Gasteiger partial charge in [0.25, 0.3) is 0 Å². The van der Waals surface area contributed by atoms with E-state index in [4.69, 9.17) is 4.74 Å². The summed E-state index contributed by atoms with van der Waals surface area (Å²) in [5.74, 6) is 1.41. The second-order valence-electron chi connectivity index (χ2n) is 7.19. The Labute approximate surface area is 113 Å². The van der Waals surface area contributed by atoms with E-state index in [1.165, 1.54) is 19.3 Å². The van der Waals surface area contributed by atoms with Gasteiger partial charge in [-0.2, -0.15) is 0 Å². The van der Waals surface area contributed by atoms with Crippen LogP contribution in [0.1, 0.15) is 38.5 Å². The van der Waals surface area contributed by atoms with Crippen molar-refractivity contribution >= 4 is 5.91 Å². The zero-order valence-electron chi connectivity index (χ0n) is 11.1. The summed E-state index contributed by atoms with van der Waals surface area (Å²) in [6, 6.07) is 0.409. The molecule has 0 aromatic carbocycles. The molecule has 5 aliphatic rings. The van der Waals surface area contributed by atoms with E-state index in [-0.39, 0.29) is 30.3 Å². The van der Waals surface area contributed by atoms with E-state index in [1.54, 1.807) is 0 Å². The van der Waals surface area contributed by atoms with Crippen LogP contribution < -0.4 is 0 Å². The lowest BCUT2D eigenvalue weighted by molar-refractivity contribution is -0.156. The van der Waals surface area contributed by atoms with Gasteiger partial charge in [0.15, 0.2) is 0 Å². The van der Waals surface area contributed by atoms with E-state index < -0.39 is 0 Å². The van der Waals surface area contributed by atoms with Gasteiger partial charge in [0.1, 0.15) is 6.23 Å². The fourth-order valence-corrected chi connectivity index (χ4v) is 5.84. The highest BCUT2D eigenvalue weighted by molar-refractivity contribution is 5.84. The molecule has 19 heavy (non-hydrogen) atoms. The number of aliphatic hydroxyl groups is 1. The second kappa shape index (κ2) is 3.53. The fourth-order valence-electron chi connectivity index (χ4n) is 5.84. The number of fused-ring (bicyclic) bond motifs is 2. The average molecular weight is 263 g/mol. The molecule has 7 unspecified atom stereocenters. The summed E-state index contributed by atoms with van der Waals surface area (Å²) in [6.07, 6.45) is 6.75. The van der Waals surface area contributed by atoms with Crippen LogP contribution in [0.15, 0.2) is 0 Å². The molecule has 0 aromatic heterocycles. The van der Waals surface area contributed by atoms with Crippen molar-refractivity contribution in [2.24, 2.45) is 23.7 Å². The smallest absolute Gasteiger partial charge is 0.228 e. The summed E-state index contributed by atoms with van der Waals surface area (Å²) in [5, 5.41) is 10.2. The monoisotopic (exact) mass is 263 g/mol. The molecule has 0 spiro atoms. The van der Waals surface area contributed by atoms with Crippen molar-refractivity contribution in [3.05, 3.63) is 0 Å². The molecule has 1 amide bonds. The largest absolute Gasteiger partial charge is 0.390 e. The quantitative estimate of drug-likeness (QED) is 0.771. The number of likely N-dealkylation sites (tertiary alicyclic amines) is 1. The summed E-state index contributed by atoms with van der Waals surface area (Å²) in [7, 11) is 0. The number of hydrogen-bond acceptors (Lipinski definition) is 3. The van der Waals surface area contributed by atoms with Crippen LogP contribution in [0.3, 0.4) is 0 Å². The van der Waals surface area contributed by atoms with Crippen LogP contribution >= 0.6 is 0 Å². The maximum atomic E-state index is 12.8. The number of carbonyl (C=O) groups excluding carboxylic acids is 1. The molecule has 104 valence electrons. The number of hydrogen-bond donors (Lipinski definition) is 1. The lowest BCUT2D eigenvalue weighted by Crippen LogP contribution is -2.48. The molecule has 2 heterocycles. The maximum absolute atomic E-state index is 12.8. The molecular weight excluding hydrogens is 242 g/mol. The lowest BCUT2D eigenvalue weighted by atomic mass is 9.80. The SMILES string of the molecule is O=C1C2C3CC4C(OC(C42)N1C1CCCCC1)C3O. The van der Waals surface area contributed by atoms with E-state index in [0.717, 1.165) is 19.3 Å². The van der Waals surface area contributed by atoms with Gasteiger partial charge < -0.3 is 14.7 Å². The number of nitrogens with zero attached hydrogens (tertiary/aromatic N) is 1. The van der Waals surface area contributed by atoms with Crippen LogP contribution in [-0.4, -0.2) is 40.4 Å². The van der Waals surface area contributed by atoms with Crippen molar-refractivity contribution in [3.8, 4) is 0 Å². The minimum atomic E-state index is -0.381. The lowest BCUT2D eigenvalue weighted by Gasteiger charge is -2.37. The Morgan fingerprint density at radius 1 is 1.16 bits per heavy atom. The van der Waals surface area contributed by atoms with Gasteiger partial charge in [-0.1, -0.05) is 19.3 Å². The van der Waals surface area contributed by atoms with Crippen molar-refractivity contribution in [1.82, 2.24) is 4.90 Å². The van der Waals surface area contributed by atoms with Crippen LogP contribution in [-0.2, 0) is 9.53 Å². The fraction of sp³-hybridized carbons (Fsp3) is 0.933. The Hall–Kier alpha value is -0.610. The third-order valence-electron chi connectivity index (χ3n) is 6.52. The van der Waals surface area contributed by atoms with Gasteiger partial charge in [-0.3, -0.25) is 4.79 Å². The number of amides is 1. The predicted molar refractivity (Wildman–Crippen MR) is 67.0 cm³/mol. The highest BCUT2D eigenvalue weighted by Crippen LogP contribution is 2.64. The molecule has 4 nitrogen and oxygen atoms in total. The van der Waals surface area contributed by atoms with E-state index in [0.29, 0.717) is 23.8 Å². The van der Waals surface area contributed by atoms with Crippen molar-refractivity contribution in [3.63, 3.8) is 0 Å². The van der Waals surface area contributed by atoms with Crippen LogP contribution in [0.5, 0.6) is 0 Å². The summed E-state index contributed by atoms with van der Waals surface area (Å²) in [5.41, 5.74) is 0. The third-order valence-corrected chi connectivity index (χ3v) is 6.52. The average Bonchev–Trinajstić information content (AvgIpc) is 3.08. The van der Waals surface area contributed by atoms with Crippen LogP contribution in [0, 0.1) is 23.7 Å². The first kappa shape index (κ1) is 11.1. The summed E-state index contributed by atoms with van der Waals surface area (Å²) in [6.45, 7) is 0. The first-order chi connectivity index (χ1) is 9.27. The van der Waals surface area contributed by atoms with E-state index in [1.807, 2.05) is 0 Å². The standard InChI is InChI=1S/C15H21NO3/c17-12-8-6-9-11-10(8)14(18)16(15(11)19-13(9)12)7-4-2-1-3-5-7/h7-13,15,17H,1-6H2. The molecule has 7 atom stereocenters. The van der Waals surface area contributed by atoms with Gasteiger partial charge in [0.05, 0.1) is 18.1 Å². The maximum Gasteiger partial charge on any atom is 0.228 e.